The Labute approximate surface area is 87.0 Å². The molecule has 1 fully saturated rings. The summed E-state index contributed by atoms with van der Waals surface area (Å²) in [7, 11) is -2.77. The second kappa shape index (κ2) is 4.72. The van der Waals surface area contributed by atoms with Crippen LogP contribution < -0.4 is 0 Å². The van der Waals surface area contributed by atoms with Crippen LogP contribution >= 0.6 is 0 Å². The molecule has 0 amide bonds. The molecular formula is C9H20O4Si. The Hall–Kier alpha value is 0.0569. The van der Waals surface area contributed by atoms with E-state index in [0.29, 0.717) is 26.4 Å². The lowest BCUT2D eigenvalue weighted by Crippen LogP contribution is -2.56. The van der Waals surface area contributed by atoms with Gasteiger partial charge < -0.3 is 17.7 Å². The Morgan fingerprint density at radius 1 is 1.07 bits per heavy atom. The Morgan fingerprint density at radius 2 is 1.50 bits per heavy atom. The van der Waals surface area contributed by atoms with Crippen LogP contribution in [0, 0.1) is 5.41 Å². The van der Waals surface area contributed by atoms with Gasteiger partial charge in [-0.2, -0.15) is 0 Å². The van der Waals surface area contributed by atoms with Crippen LogP contribution in [0.2, 0.25) is 0 Å². The molecule has 1 heterocycles. The van der Waals surface area contributed by atoms with Gasteiger partial charge in [0.25, 0.3) is 0 Å². The van der Waals surface area contributed by atoms with E-state index in [4.69, 9.17) is 17.7 Å². The first-order chi connectivity index (χ1) is 6.54. The van der Waals surface area contributed by atoms with E-state index in [1.165, 1.54) is 0 Å². The molecule has 0 aromatic carbocycles. The highest BCUT2D eigenvalue weighted by Crippen LogP contribution is 2.27. The summed E-state index contributed by atoms with van der Waals surface area (Å²) in [6.07, 6.45) is 0. The Kier molecular flexibility index (Phi) is 4.09. The molecular weight excluding hydrogens is 200 g/mol. The van der Waals surface area contributed by atoms with Gasteiger partial charge in [0.05, 0.1) is 0 Å². The summed E-state index contributed by atoms with van der Waals surface area (Å²) in [5.74, 6) is 0. The second-order valence-corrected chi connectivity index (χ2v) is 6.26. The van der Waals surface area contributed by atoms with Crippen molar-refractivity contribution in [3.8, 4) is 0 Å². The Balaban J connectivity index is 2.54. The summed E-state index contributed by atoms with van der Waals surface area (Å²) in [6.45, 7) is 10.4. The first kappa shape index (κ1) is 12.1. The Morgan fingerprint density at radius 3 is 1.86 bits per heavy atom. The van der Waals surface area contributed by atoms with E-state index in [1.807, 2.05) is 13.8 Å². The van der Waals surface area contributed by atoms with Gasteiger partial charge in [-0.1, -0.05) is 13.8 Å². The average molecular weight is 220 g/mol. The monoisotopic (exact) mass is 220 g/mol. The van der Waals surface area contributed by atoms with Gasteiger partial charge in [0.1, 0.15) is 0 Å². The van der Waals surface area contributed by atoms with Crippen molar-refractivity contribution < 1.29 is 17.7 Å². The van der Waals surface area contributed by atoms with E-state index >= 15 is 0 Å². The number of rotatable bonds is 4. The van der Waals surface area contributed by atoms with E-state index in [-0.39, 0.29) is 5.41 Å². The van der Waals surface area contributed by atoms with Gasteiger partial charge >= 0.3 is 9.05 Å². The highest BCUT2D eigenvalue weighted by molar-refractivity contribution is 6.53. The topological polar surface area (TPSA) is 36.9 Å². The second-order valence-electron chi connectivity index (χ2n) is 4.11. The lowest BCUT2D eigenvalue weighted by Gasteiger charge is -2.38. The molecule has 1 aliphatic heterocycles. The molecule has 0 atom stereocenters. The number of hydrogen-bond acceptors (Lipinski definition) is 4. The van der Waals surface area contributed by atoms with Crippen molar-refractivity contribution in [1.82, 2.24) is 0 Å². The van der Waals surface area contributed by atoms with Crippen LogP contribution in [-0.4, -0.2) is 35.5 Å². The molecule has 0 saturated carbocycles. The third-order valence-corrected chi connectivity index (χ3v) is 4.20. The molecule has 0 spiro atoms. The van der Waals surface area contributed by atoms with E-state index in [2.05, 4.69) is 13.8 Å². The Bertz CT molecular complexity index is 166. The van der Waals surface area contributed by atoms with Crippen molar-refractivity contribution in [1.29, 1.82) is 0 Å². The SMILES string of the molecule is CCO[Si]1(OCC)OCC(C)(C)CO1. The molecule has 0 aliphatic carbocycles. The third kappa shape index (κ3) is 3.03. The molecule has 0 bridgehead atoms. The normalized spacial score (nSPS) is 24.9. The summed E-state index contributed by atoms with van der Waals surface area (Å²) in [5, 5.41) is 0. The minimum Gasteiger partial charge on any atom is -0.351 e. The van der Waals surface area contributed by atoms with Gasteiger partial charge in [0.15, 0.2) is 0 Å². The van der Waals surface area contributed by atoms with E-state index < -0.39 is 9.05 Å². The zero-order valence-corrected chi connectivity index (χ0v) is 10.5. The molecule has 5 heteroatoms. The maximum Gasteiger partial charge on any atom is 0.679 e. The van der Waals surface area contributed by atoms with Crippen LogP contribution in [0.4, 0.5) is 0 Å². The molecule has 1 aliphatic rings. The van der Waals surface area contributed by atoms with Crippen LogP contribution in [0.5, 0.6) is 0 Å². The lowest BCUT2D eigenvalue weighted by atomic mass is 9.97. The van der Waals surface area contributed by atoms with Crippen molar-refractivity contribution in [2.24, 2.45) is 5.41 Å². The molecule has 0 aromatic heterocycles. The fourth-order valence-electron chi connectivity index (χ4n) is 1.21. The van der Waals surface area contributed by atoms with Gasteiger partial charge in [-0.05, 0) is 13.8 Å². The average Bonchev–Trinajstić information content (AvgIpc) is 2.12. The van der Waals surface area contributed by atoms with E-state index in [0.717, 1.165) is 0 Å². The maximum atomic E-state index is 5.63. The van der Waals surface area contributed by atoms with Crippen LogP contribution in [0.3, 0.4) is 0 Å². The van der Waals surface area contributed by atoms with Gasteiger partial charge in [-0.15, -0.1) is 0 Å². The molecule has 1 saturated heterocycles. The summed E-state index contributed by atoms with van der Waals surface area (Å²) < 4.78 is 22.2. The predicted octanol–water partition coefficient (Wildman–Crippen LogP) is 1.57. The largest absolute Gasteiger partial charge is 0.679 e. The fraction of sp³-hybridized carbons (Fsp3) is 1.00. The van der Waals surface area contributed by atoms with Crippen molar-refractivity contribution >= 4 is 9.05 Å². The highest BCUT2D eigenvalue weighted by Gasteiger charge is 2.50. The van der Waals surface area contributed by atoms with Gasteiger partial charge in [0.2, 0.25) is 0 Å². The summed E-state index contributed by atoms with van der Waals surface area (Å²) >= 11 is 0. The van der Waals surface area contributed by atoms with Gasteiger partial charge in [0, 0.05) is 31.8 Å². The molecule has 4 nitrogen and oxygen atoms in total. The van der Waals surface area contributed by atoms with E-state index in [9.17, 15) is 0 Å². The first-order valence-electron chi connectivity index (χ1n) is 5.09. The number of hydrogen-bond donors (Lipinski definition) is 0. The first-order valence-corrected chi connectivity index (χ1v) is 6.73. The van der Waals surface area contributed by atoms with Crippen molar-refractivity contribution in [3.63, 3.8) is 0 Å². The zero-order chi connectivity index (χ0) is 10.7. The van der Waals surface area contributed by atoms with Crippen LogP contribution in [-0.2, 0) is 17.7 Å². The minimum absolute atomic E-state index is 0.0602. The van der Waals surface area contributed by atoms with Crippen LogP contribution in [0.1, 0.15) is 27.7 Å². The molecule has 84 valence electrons. The molecule has 1 rings (SSSR count). The summed E-state index contributed by atoms with van der Waals surface area (Å²) in [4.78, 5) is 0. The van der Waals surface area contributed by atoms with Crippen molar-refractivity contribution in [2.75, 3.05) is 26.4 Å². The molecule has 0 unspecified atom stereocenters. The molecule has 0 N–H and O–H groups in total. The van der Waals surface area contributed by atoms with Crippen molar-refractivity contribution in [3.05, 3.63) is 0 Å². The summed E-state index contributed by atoms with van der Waals surface area (Å²) in [6, 6.07) is 0. The molecule has 0 aromatic rings. The minimum atomic E-state index is -2.77. The van der Waals surface area contributed by atoms with Gasteiger partial charge in [-0.3, -0.25) is 0 Å². The fourth-order valence-corrected chi connectivity index (χ4v) is 3.55. The molecule has 14 heavy (non-hydrogen) atoms. The van der Waals surface area contributed by atoms with E-state index in [1.54, 1.807) is 0 Å². The van der Waals surface area contributed by atoms with Gasteiger partial charge in [-0.25, -0.2) is 0 Å². The lowest BCUT2D eigenvalue weighted by molar-refractivity contribution is -0.100. The predicted molar refractivity (Wildman–Crippen MR) is 54.7 cm³/mol. The molecule has 0 radical (unpaired) electrons. The van der Waals surface area contributed by atoms with Crippen molar-refractivity contribution in [2.45, 2.75) is 27.7 Å². The van der Waals surface area contributed by atoms with Crippen LogP contribution in [0.15, 0.2) is 0 Å². The summed E-state index contributed by atoms with van der Waals surface area (Å²) in [5.41, 5.74) is 0.0602. The third-order valence-electron chi connectivity index (χ3n) is 1.92. The van der Waals surface area contributed by atoms with Crippen LogP contribution in [0.25, 0.3) is 0 Å². The standard InChI is InChI=1S/C9H20O4Si/c1-5-10-14(11-6-2)12-7-9(3,4)8-13-14/h5-8H2,1-4H3. The zero-order valence-electron chi connectivity index (χ0n) is 9.46. The maximum absolute atomic E-state index is 5.63. The quantitative estimate of drug-likeness (QED) is 0.674. The highest BCUT2D eigenvalue weighted by atomic mass is 28.4. The smallest absolute Gasteiger partial charge is 0.351 e.